The van der Waals surface area contributed by atoms with Gasteiger partial charge in [-0.25, -0.2) is 15.0 Å². The van der Waals surface area contributed by atoms with E-state index in [1.54, 1.807) is 18.6 Å². The summed E-state index contributed by atoms with van der Waals surface area (Å²) in [6.07, 6.45) is 4.93. The van der Waals surface area contributed by atoms with Crippen LogP contribution >= 0.6 is 0 Å². The minimum absolute atomic E-state index is 0.0777. The molecule has 0 aliphatic rings. The van der Waals surface area contributed by atoms with Crippen molar-refractivity contribution in [3.05, 3.63) is 30.1 Å². The van der Waals surface area contributed by atoms with E-state index in [1.807, 2.05) is 39.6 Å². The second-order valence-corrected chi connectivity index (χ2v) is 4.84. The van der Waals surface area contributed by atoms with E-state index in [0.717, 1.165) is 11.2 Å². The Morgan fingerprint density at radius 1 is 1.17 bits per heavy atom. The second-order valence-electron chi connectivity index (χ2n) is 4.84. The number of H-pyrrole nitrogens is 1. The fourth-order valence-corrected chi connectivity index (χ4v) is 2.25. The molecule has 0 radical (unpaired) electrons. The van der Waals surface area contributed by atoms with E-state index in [4.69, 9.17) is 5.73 Å². The molecule has 0 amide bonds. The van der Waals surface area contributed by atoms with E-state index in [-0.39, 0.29) is 6.04 Å². The first-order valence-electron chi connectivity index (χ1n) is 7.55. The molecule has 0 aliphatic heterocycles. The lowest BCUT2D eigenvalue weighted by molar-refractivity contribution is 0.703. The number of rotatable bonds is 3. The number of hydrogen-bond donors (Lipinski definition) is 2. The van der Waals surface area contributed by atoms with Crippen LogP contribution in [0.15, 0.2) is 18.6 Å². The Hall–Kier alpha value is -2.77. The summed E-state index contributed by atoms with van der Waals surface area (Å²) in [6.45, 7) is 7.85. The molecule has 3 rings (SSSR count). The summed E-state index contributed by atoms with van der Waals surface area (Å²) >= 11 is 0. The molecule has 3 aromatic rings. The van der Waals surface area contributed by atoms with Crippen LogP contribution < -0.4 is 10.6 Å². The highest BCUT2D eigenvalue weighted by molar-refractivity contribution is 5.86. The van der Waals surface area contributed by atoms with Crippen molar-refractivity contribution in [2.24, 2.45) is 0 Å². The van der Waals surface area contributed by atoms with Crippen LogP contribution in [-0.4, -0.2) is 37.2 Å². The summed E-state index contributed by atoms with van der Waals surface area (Å²) in [5.41, 5.74) is 7.34. The molecule has 0 spiro atoms. The lowest BCUT2D eigenvalue weighted by Crippen LogP contribution is -2.25. The van der Waals surface area contributed by atoms with Gasteiger partial charge in [0.15, 0.2) is 5.65 Å². The summed E-state index contributed by atoms with van der Waals surface area (Å²) < 4.78 is 0. The van der Waals surface area contributed by atoms with Gasteiger partial charge in [0, 0.05) is 19.4 Å². The van der Waals surface area contributed by atoms with Gasteiger partial charge < -0.3 is 10.6 Å². The van der Waals surface area contributed by atoms with Crippen molar-refractivity contribution in [1.82, 2.24) is 30.1 Å². The molecule has 0 aromatic carbocycles. The lowest BCUT2D eigenvalue weighted by atomic mass is 10.2. The van der Waals surface area contributed by atoms with E-state index in [0.29, 0.717) is 23.0 Å². The number of nitrogens with one attached hydrogen (secondary N) is 1. The standard InChI is InChI=1S/C13H16N8.C2H6/c1-7(10-11(14)16-5-4-15-10)21(3)13-9-6-17-20-12(9)18-8(2)19-13;1-2/h4-7H,1-3H3,(H2,14,16)(H,17,18,19,20);1-2H3. The number of nitrogen functional groups attached to an aromatic ring is 1. The highest BCUT2D eigenvalue weighted by atomic mass is 15.2. The molecule has 8 nitrogen and oxygen atoms in total. The number of hydrogen-bond acceptors (Lipinski definition) is 7. The van der Waals surface area contributed by atoms with Crippen LogP contribution in [0.25, 0.3) is 11.0 Å². The van der Waals surface area contributed by atoms with Crippen molar-refractivity contribution in [3.63, 3.8) is 0 Å². The molecule has 8 heteroatoms. The molecule has 23 heavy (non-hydrogen) atoms. The largest absolute Gasteiger partial charge is 0.382 e. The zero-order chi connectivity index (χ0) is 17.0. The van der Waals surface area contributed by atoms with Gasteiger partial charge in [-0.3, -0.25) is 10.1 Å². The molecule has 0 saturated carbocycles. The minimum Gasteiger partial charge on any atom is -0.382 e. The Kier molecular flexibility index (Phi) is 5.05. The maximum atomic E-state index is 5.91. The Balaban J connectivity index is 0.000000924. The Morgan fingerprint density at radius 2 is 1.87 bits per heavy atom. The van der Waals surface area contributed by atoms with Crippen molar-refractivity contribution >= 4 is 22.7 Å². The molecular formula is C15H22N8. The maximum absolute atomic E-state index is 5.91. The van der Waals surface area contributed by atoms with Gasteiger partial charge in [-0.05, 0) is 13.8 Å². The first-order chi connectivity index (χ1) is 11.1. The molecule has 0 aliphatic carbocycles. The molecule has 3 heterocycles. The van der Waals surface area contributed by atoms with Gasteiger partial charge >= 0.3 is 0 Å². The van der Waals surface area contributed by atoms with Crippen molar-refractivity contribution in [2.45, 2.75) is 33.7 Å². The SMILES string of the molecule is CC.Cc1nc(N(C)C(C)c2nccnc2N)c2cn[nH]c2n1. The topological polar surface area (TPSA) is 110 Å². The number of aromatic amines is 1. The quantitative estimate of drug-likeness (QED) is 0.763. The lowest BCUT2D eigenvalue weighted by Gasteiger charge is -2.26. The fraction of sp³-hybridized carbons (Fsp3) is 0.400. The van der Waals surface area contributed by atoms with Gasteiger partial charge in [0.1, 0.15) is 23.2 Å². The van der Waals surface area contributed by atoms with Crippen LogP contribution in [0.5, 0.6) is 0 Å². The van der Waals surface area contributed by atoms with E-state index in [1.165, 1.54) is 0 Å². The summed E-state index contributed by atoms with van der Waals surface area (Å²) in [5, 5.41) is 7.75. The Labute approximate surface area is 135 Å². The number of nitrogens with two attached hydrogens (primary N) is 1. The van der Waals surface area contributed by atoms with Crippen LogP contribution in [0, 0.1) is 6.92 Å². The zero-order valence-electron chi connectivity index (χ0n) is 14.1. The van der Waals surface area contributed by atoms with Crippen LogP contribution in [-0.2, 0) is 0 Å². The molecular weight excluding hydrogens is 292 g/mol. The van der Waals surface area contributed by atoms with Gasteiger partial charge in [0.25, 0.3) is 0 Å². The first-order valence-corrected chi connectivity index (χ1v) is 7.55. The third-order valence-corrected chi connectivity index (χ3v) is 3.47. The monoisotopic (exact) mass is 314 g/mol. The molecule has 0 bridgehead atoms. The number of aromatic nitrogens is 6. The Morgan fingerprint density at radius 3 is 2.57 bits per heavy atom. The van der Waals surface area contributed by atoms with Crippen molar-refractivity contribution in [2.75, 3.05) is 17.7 Å². The van der Waals surface area contributed by atoms with Gasteiger partial charge in [-0.15, -0.1) is 0 Å². The van der Waals surface area contributed by atoms with Crippen molar-refractivity contribution < 1.29 is 0 Å². The molecule has 1 atom stereocenters. The number of aryl methyl sites for hydroxylation is 1. The summed E-state index contributed by atoms with van der Waals surface area (Å²) in [4.78, 5) is 19.2. The third kappa shape index (κ3) is 3.20. The smallest absolute Gasteiger partial charge is 0.161 e. The normalized spacial score (nSPS) is 11.7. The summed E-state index contributed by atoms with van der Waals surface area (Å²) in [6, 6.07) is -0.0777. The highest BCUT2D eigenvalue weighted by Gasteiger charge is 2.20. The Bertz CT molecular complexity index is 782. The number of fused-ring (bicyclic) bond motifs is 1. The van der Waals surface area contributed by atoms with E-state index < -0.39 is 0 Å². The van der Waals surface area contributed by atoms with Crippen LogP contribution in [0.2, 0.25) is 0 Å². The van der Waals surface area contributed by atoms with Crippen LogP contribution in [0.4, 0.5) is 11.6 Å². The van der Waals surface area contributed by atoms with Crippen molar-refractivity contribution in [1.29, 1.82) is 0 Å². The van der Waals surface area contributed by atoms with Gasteiger partial charge in [0.2, 0.25) is 0 Å². The second kappa shape index (κ2) is 6.99. The average molecular weight is 314 g/mol. The van der Waals surface area contributed by atoms with Crippen molar-refractivity contribution in [3.8, 4) is 0 Å². The predicted molar refractivity (Wildman–Crippen MR) is 91.0 cm³/mol. The van der Waals surface area contributed by atoms with Gasteiger partial charge in [-0.1, -0.05) is 13.8 Å². The molecule has 1 unspecified atom stereocenters. The van der Waals surface area contributed by atoms with Gasteiger partial charge in [0.05, 0.1) is 17.6 Å². The molecule has 0 saturated heterocycles. The molecule has 122 valence electrons. The first kappa shape index (κ1) is 16.6. The number of nitrogens with zero attached hydrogens (tertiary/aromatic N) is 6. The average Bonchev–Trinajstić information content (AvgIpc) is 3.03. The predicted octanol–water partition coefficient (Wildman–Crippen LogP) is 2.26. The van der Waals surface area contributed by atoms with Crippen LogP contribution in [0.3, 0.4) is 0 Å². The minimum atomic E-state index is -0.0777. The molecule has 3 aromatic heterocycles. The fourth-order valence-electron chi connectivity index (χ4n) is 2.25. The van der Waals surface area contributed by atoms with E-state index >= 15 is 0 Å². The van der Waals surface area contributed by atoms with Crippen LogP contribution in [0.1, 0.15) is 38.3 Å². The summed E-state index contributed by atoms with van der Waals surface area (Å²) in [5.74, 6) is 1.88. The highest BCUT2D eigenvalue weighted by Crippen LogP contribution is 2.29. The zero-order valence-corrected chi connectivity index (χ0v) is 14.1. The molecule has 3 N–H and O–H groups in total. The number of anilines is 2. The van der Waals surface area contributed by atoms with E-state index in [2.05, 4.69) is 30.1 Å². The summed E-state index contributed by atoms with van der Waals surface area (Å²) in [7, 11) is 1.94. The maximum Gasteiger partial charge on any atom is 0.161 e. The third-order valence-electron chi connectivity index (χ3n) is 3.47. The van der Waals surface area contributed by atoms with E-state index in [9.17, 15) is 0 Å². The van der Waals surface area contributed by atoms with Gasteiger partial charge in [-0.2, -0.15) is 5.10 Å². The molecule has 0 fully saturated rings.